The number of nitrogens with one attached hydrogen (secondary N) is 2. The van der Waals surface area contributed by atoms with Crippen molar-refractivity contribution in [3.8, 4) is 0 Å². The van der Waals surface area contributed by atoms with Gasteiger partial charge in [-0.05, 0) is 55.5 Å². The van der Waals surface area contributed by atoms with Crippen molar-refractivity contribution in [3.63, 3.8) is 0 Å². The number of halogens is 2. The Morgan fingerprint density at radius 1 is 1.04 bits per heavy atom. The van der Waals surface area contributed by atoms with Crippen LogP contribution in [0.3, 0.4) is 0 Å². The topological polar surface area (TPSA) is 58.2 Å². The minimum absolute atomic E-state index is 0.118. The fourth-order valence-electron chi connectivity index (χ4n) is 1.78. The van der Waals surface area contributed by atoms with Crippen LogP contribution >= 0.6 is 23.4 Å². The molecular formula is C17H16ClFN2O2S. The molecule has 0 fully saturated rings. The van der Waals surface area contributed by atoms with Gasteiger partial charge in [-0.25, -0.2) is 4.39 Å². The van der Waals surface area contributed by atoms with Crippen LogP contribution in [0.15, 0.2) is 48.5 Å². The van der Waals surface area contributed by atoms with E-state index in [1.54, 1.807) is 31.2 Å². The fraction of sp³-hybridized carbons (Fsp3) is 0.176. The Morgan fingerprint density at radius 3 is 2.21 bits per heavy atom. The van der Waals surface area contributed by atoms with Gasteiger partial charge in [0.1, 0.15) is 5.82 Å². The van der Waals surface area contributed by atoms with Gasteiger partial charge in [0.25, 0.3) is 0 Å². The number of rotatable bonds is 6. The third kappa shape index (κ3) is 5.86. The lowest BCUT2D eigenvalue weighted by molar-refractivity contribution is -0.115. The molecule has 2 aromatic carbocycles. The van der Waals surface area contributed by atoms with E-state index >= 15 is 0 Å². The SMILES string of the molecule is C[C@H](SCC(=O)Nc1ccc(F)cc1)C(=O)Nc1ccc(Cl)cc1. The summed E-state index contributed by atoms with van der Waals surface area (Å²) in [6.45, 7) is 1.72. The number of benzene rings is 2. The molecule has 1 atom stereocenters. The molecular weight excluding hydrogens is 351 g/mol. The molecule has 4 nitrogen and oxygen atoms in total. The molecule has 0 aliphatic heterocycles. The highest BCUT2D eigenvalue weighted by atomic mass is 35.5. The normalized spacial score (nSPS) is 11.6. The van der Waals surface area contributed by atoms with E-state index in [9.17, 15) is 14.0 Å². The summed E-state index contributed by atoms with van der Waals surface area (Å²) in [6.07, 6.45) is 0. The second-order valence-corrected chi connectivity index (χ2v) is 6.77. The van der Waals surface area contributed by atoms with Crippen LogP contribution in [0.1, 0.15) is 6.92 Å². The van der Waals surface area contributed by atoms with Crippen molar-refractivity contribution in [2.45, 2.75) is 12.2 Å². The van der Waals surface area contributed by atoms with E-state index in [1.807, 2.05) is 0 Å². The van der Waals surface area contributed by atoms with Gasteiger partial charge in [-0.3, -0.25) is 9.59 Å². The van der Waals surface area contributed by atoms with Gasteiger partial charge in [-0.1, -0.05) is 11.6 Å². The van der Waals surface area contributed by atoms with Crippen LogP contribution in [-0.4, -0.2) is 22.8 Å². The first kappa shape index (κ1) is 18.3. The standard InChI is InChI=1S/C17H16ClFN2O2S/c1-11(17(23)21-15-6-2-12(18)3-7-15)24-10-16(22)20-14-8-4-13(19)5-9-14/h2-9,11H,10H2,1H3,(H,20,22)(H,21,23)/t11-/m0/s1. The van der Waals surface area contributed by atoms with E-state index < -0.39 is 5.25 Å². The Morgan fingerprint density at radius 2 is 1.58 bits per heavy atom. The minimum Gasteiger partial charge on any atom is -0.325 e. The number of anilines is 2. The number of hydrogen-bond acceptors (Lipinski definition) is 3. The predicted octanol–water partition coefficient (Wildman–Crippen LogP) is 4.18. The van der Waals surface area contributed by atoms with Gasteiger partial charge < -0.3 is 10.6 Å². The Labute approximate surface area is 148 Å². The monoisotopic (exact) mass is 366 g/mol. The lowest BCUT2D eigenvalue weighted by Gasteiger charge is -2.12. The van der Waals surface area contributed by atoms with Gasteiger partial charge in [-0.2, -0.15) is 0 Å². The Bertz CT molecular complexity index is 708. The lowest BCUT2D eigenvalue weighted by Crippen LogP contribution is -2.25. The van der Waals surface area contributed by atoms with E-state index in [0.717, 1.165) is 0 Å². The first-order chi connectivity index (χ1) is 11.4. The molecule has 0 spiro atoms. The summed E-state index contributed by atoms with van der Waals surface area (Å²) in [5, 5.41) is 5.59. The molecule has 2 amide bonds. The smallest absolute Gasteiger partial charge is 0.237 e. The summed E-state index contributed by atoms with van der Waals surface area (Å²) in [4.78, 5) is 23.9. The molecule has 2 rings (SSSR count). The zero-order valence-electron chi connectivity index (χ0n) is 12.9. The Balaban J connectivity index is 1.77. The summed E-state index contributed by atoms with van der Waals surface area (Å²) < 4.78 is 12.8. The van der Waals surface area contributed by atoms with Gasteiger partial charge in [0.05, 0.1) is 11.0 Å². The summed E-state index contributed by atoms with van der Waals surface area (Å²) in [5.41, 5.74) is 1.16. The third-order valence-corrected chi connectivity index (χ3v) is 4.47. The maximum Gasteiger partial charge on any atom is 0.237 e. The molecule has 2 N–H and O–H groups in total. The van der Waals surface area contributed by atoms with Gasteiger partial charge in [0.15, 0.2) is 0 Å². The largest absolute Gasteiger partial charge is 0.325 e. The van der Waals surface area contributed by atoms with E-state index in [1.165, 1.54) is 36.0 Å². The van der Waals surface area contributed by atoms with Crippen LogP contribution in [-0.2, 0) is 9.59 Å². The van der Waals surface area contributed by atoms with Gasteiger partial charge in [-0.15, -0.1) is 11.8 Å². The molecule has 0 aromatic heterocycles. The maximum absolute atomic E-state index is 12.8. The Kier molecular flexibility index (Phi) is 6.63. The summed E-state index contributed by atoms with van der Waals surface area (Å²) in [6, 6.07) is 12.3. The third-order valence-electron chi connectivity index (χ3n) is 3.07. The zero-order chi connectivity index (χ0) is 17.5. The number of hydrogen-bond donors (Lipinski definition) is 2. The van der Waals surface area contributed by atoms with Gasteiger partial charge >= 0.3 is 0 Å². The van der Waals surface area contributed by atoms with Crippen molar-refractivity contribution in [2.75, 3.05) is 16.4 Å². The van der Waals surface area contributed by atoms with E-state index in [2.05, 4.69) is 10.6 Å². The van der Waals surface area contributed by atoms with Crippen LogP contribution in [0.5, 0.6) is 0 Å². The van der Waals surface area contributed by atoms with Crippen LogP contribution in [0.4, 0.5) is 15.8 Å². The van der Waals surface area contributed by atoms with Crippen molar-refractivity contribution in [1.29, 1.82) is 0 Å². The number of thioether (sulfide) groups is 1. The van der Waals surface area contributed by atoms with E-state index in [-0.39, 0.29) is 23.4 Å². The average molecular weight is 367 g/mol. The maximum atomic E-state index is 12.8. The summed E-state index contributed by atoms with van der Waals surface area (Å²) in [7, 11) is 0. The fourth-order valence-corrected chi connectivity index (χ4v) is 2.59. The molecule has 2 aromatic rings. The molecule has 0 bridgehead atoms. The highest BCUT2D eigenvalue weighted by molar-refractivity contribution is 8.01. The van der Waals surface area contributed by atoms with Crippen LogP contribution in [0.25, 0.3) is 0 Å². The average Bonchev–Trinajstić information content (AvgIpc) is 2.57. The first-order valence-corrected chi connectivity index (χ1v) is 8.60. The molecule has 0 aliphatic carbocycles. The molecule has 0 radical (unpaired) electrons. The predicted molar refractivity (Wildman–Crippen MR) is 97.0 cm³/mol. The quantitative estimate of drug-likeness (QED) is 0.806. The zero-order valence-corrected chi connectivity index (χ0v) is 14.5. The Hall–Kier alpha value is -2.05. The van der Waals surface area contributed by atoms with E-state index in [0.29, 0.717) is 16.4 Å². The van der Waals surface area contributed by atoms with Crippen molar-refractivity contribution in [2.24, 2.45) is 0 Å². The number of carbonyl (C=O) groups excluding carboxylic acids is 2. The second kappa shape index (κ2) is 8.70. The second-order valence-electron chi connectivity index (χ2n) is 5.00. The highest BCUT2D eigenvalue weighted by Gasteiger charge is 2.15. The number of carbonyl (C=O) groups is 2. The molecule has 24 heavy (non-hydrogen) atoms. The lowest BCUT2D eigenvalue weighted by atomic mass is 10.3. The molecule has 0 aliphatic rings. The van der Waals surface area contributed by atoms with Crippen LogP contribution in [0, 0.1) is 5.82 Å². The van der Waals surface area contributed by atoms with Gasteiger partial charge in [0.2, 0.25) is 11.8 Å². The van der Waals surface area contributed by atoms with Crippen molar-refractivity contribution in [1.82, 2.24) is 0 Å². The molecule has 7 heteroatoms. The highest BCUT2D eigenvalue weighted by Crippen LogP contribution is 2.17. The van der Waals surface area contributed by atoms with Crippen LogP contribution < -0.4 is 10.6 Å². The minimum atomic E-state index is -0.403. The summed E-state index contributed by atoms with van der Waals surface area (Å²) in [5.74, 6) is -0.698. The number of amides is 2. The molecule has 0 saturated heterocycles. The molecule has 126 valence electrons. The molecule has 0 heterocycles. The molecule has 0 saturated carbocycles. The molecule has 0 unspecified atom stereocenters. The first-order valence-electron chi connectivity index (χ1n) is 7.17. The van der Waals surface area contributed by atoms with Gasteiger partial charge in [0, 0.05) is 16.4 Å². The van der Waals surface area contributed by atoms with Crippen molar-refractivity contribution >= 4 is 46.6 Å². The van der Waals surface area contributed by atoms with E-state index in [4.69, 9.17) is 11.6 Å². The summed E-state index contributed by atoms with van der Waals surface area (Å²) >= 11 is 7.00. The van der Waals surface area contributed by atoms with Crippen molar-refractivity contribution < 1.29 is 14.0 Å². The van der Waals surface area contributed by atoms with Crippen molar-refractivity contribution in [3.05, 3.63) is 59.4 Å². The van der Waals surface area contributed by atoms with Crippen LogP contribution in [0.2, 0.25) is 5.02 Å².